The van der Waals surface area contributed by atoms with Crippen molar-refractivity contribution in [2.75, 3.05) is 13.1 Å². The van der Waals surface area contributed by atoms with Crippen molar-refractivity contribution in [3.05, 3.63) is 64.1 Å². The van der Waals surface area contributed by atoms with Gasteiger partial charge in [-0.05, 0) is 68.3 Å². The Kier molecular flexibility index (Phi) is 15.6. The van der Waals surface area contributed by atoms with Crippen molar-refractivity contribution in [2.24, 2.45) is 17.6 Å². The Labute approximate surface area is 265 Å². The van der Waals surface area contributed by atoms with Gasteiger partial charge in [-0.1, -0.05) is 91.7 Å². The van der Waals surface area contributed by atoms with E-state index < -0.39 is 12.2 Å². The maximum atomic E-state index is 13.2. The van der Waals surface area contributed by atoms with Crippen molar-refractivity contribution in [1.82, 2.24) is 10.6 Å². The van der Waals surface area contributed by atoms with E-state index in [0.717, 1.165) is 54.1 Å². The number of carbonyl (C=O) groups is 3. The highest BCUT2D eigenvalue weighted by atomic mass is 79.9. The number of amides is 2. The second-order valence-corrected chi connectivity index (χ2v) is 12.4. The van der Waals surface area contributed by atoms with Gasteiger partial charge in [0.25, 0.3) is 0 Å². The molecule has 0 saturated heterocycles. The van der Waals surface area contributed by atoms with Gasteiger partial charge in [-0.15, -0.1) is 0 Å². The Morgan fingerprint density at radius 3 is 2.28 bits per heavy atom. The standard InChI is InChI=1S/C34H48BrN3O5/c1-2-3-4-5-6-7-10-21-37-33(40)31(38-32(39)27-17-13-26(23-36)14-18-27)22-25-15-19-29(20-16-25)43-34(41)42-24-28-11-8-9-12-30(28)35/h8-9,11-12,15-16,19-20,26-27,31H,2-7,10,13-14,17-18,21-24,36H2,1H3,(H,37,40)(H,38,39)/t26?,27?,31-/m0/s1. The fourth-order valence-corrected chi connectivity index (χ4v) is 5.78. The van der Waals surface area contributed by atoms with Crippen LogP contribution in [0.2, 0.25) is 0 Å². The average Bonchev–Trinajstić information content (AvgIpc) is 3.02. The summed E-state index contributed by atoms with van der Waals surface area (Å²) in [7, 11) is 0. The highest BCUT2D eigenvalue weighted by Gasteiger charge is 2.29. The van der Waals surface area contributed by atoms with Crippen LogP contribution in [0.1, 0.15) is 88.7 Å². The molecule has 2 aromatic carbocycles. The molecule has 8 nitrogen and oxygen atoms in total. The summed E-state index contributed by atoms with van der Waals surface area (Å²) in [5.41, 5.74) is 7.50. The zero-order valence-corrected chi connectivity index (χ0v) is 27.0. The topological polar surface area (TPSA) is 120 Å². The zero-order valence-electron chi connectivity index (χ0n) is 25.5. The highest BCUT2D eigenvalue weighted by Crippen LogP contribution is 2.28. The van der Waals surface area contributed by atoms with Crippen LogP contribution in [0, 0.1) is 11.8 Å². The minimum Gasteiger partial charge on any atom is -0.429 e. The van der Waals surface area contributed by atoms with E-state index in [1.165, 1.54) is 32.1 Å². The van der Waals surface area contributed by atoms with Crippen molar-refractivity contribution in [3.63, 3.8) is 0 Å². The number of rotatable bonds is 17. The number of unbranched alkanes of at least 4 members (excludes halogenated alkanes) is 6. The van der Waals surface area contributed by atoms with E-state index in [2.05, 4.69) is 33.5 Å². The van der Waals surface area contributed by atoms with Crippen LogP contribution in [0.25, 0.3) is 0 Å². The molecule has 0 heterocycles. The summed E-state index contributed by atoms with van der Waals surface area (Å²) in [6.07, 6.45) is 11.2. The first kappa shape index (κ1) is 34.6. The first-order valence-electron chi connectivity index (χ1n) is 15.8. The Morgan fingerprint density at radius 1 is 0.930 bits per heavy atom. The molecule has 1 aliphatic rings. The van der Waals surface area contributed by atoms with Crippen LogP contribution in [-0.4, -0.2) is 37.1 Å². The second-order valence-electron chi connectivity index (χ2n) is 11.5. The number of halogens is 1. The van der Waals surface area contributed by atoms with E-state index in [0.29, 0.717) is 31.2 Å². The SMILES string of the molecule is CCCCCCCCCNC(=O)[C@H](Cc1ccc(OC(=O)OCc2ccccc2Br)cc1)NC(=O)C1CCC(CN)CC1. The van der Waals surface area contributed by atoms with Gasteiger partial charge in [0.2, 0.25) is 11.8 Å². The predicted octanol–water partition coefficient (Wildman–Crippen LogP) is 6.82. The third kappa shape index (κ3) is 12.7. The largest absolute Gasteiger partial charge is 0.514 e. The molecule has 236 valence electrons. The molecular weight excluding hydrogens is 610 g/mol. The van der Waals surface area contributed by atoms with E-state index in [-0.39, 0.29) is 24.3 Å². The molecule has 0 bridgehead atoms. The molecule has 3 rings (SSSR count). The maximum Gasteiger partial charge on any atom is 0.514 e. The number of hydrogen-bond donors (Lipinski definition) is 3. The molecule has 2 amide bonds. The summed E-state index contributed by atoms with van der Waals surface area (Å²) < 4.78 is 11.4. The van der Waals surface area contributed by atoms with Gasteiger partial charge in [-0.25, -0.2) is 4.79 Å². The van der Waals surface area contributed by atoms with Gasteiger partial charge in [0.05, 0.1) is 0 Å². The zero-order chi connectivity index (χ0) is 30.9. The summed E-state index contributed by atoms with van der Waals surface area (Å²) in [6.45, 7) is 3.54. The van der Waals surface area contributed by atoms with Crippen molar-refractivity contribution < 1.29 is 23.9 Å². The van der Waals surface area contributed by atoms with Gasteiger partial charge in [-0.3, -0.25) is 9.59 Å². The van der Waals surface area contributed by atoms with E-state index in [1.54, 1.807) is 24.3 Å². The third-order valence-electron chi connectivity index (χ3n) is 8.13. The molecule has 2 aromatic rings. The van der Waals surface area contributed by atoms with Gasteiger partial charge >= 0.3 is 6.16 Å². The summed E-state index contributed by atoms with van der Waals surface area (Å²) in [4.78, 5) is 38.6. The Hall–Kier alpha value is -2.91. The number of nitrogens with two attached hydrogens (primary N) is 1. The Morgan fingerprint density at radius 2 is 1.60 bits per heavy atom. The molecule has 1 saturated carbocycles. The lowest BCUT2D eigenvalue weighted by atomic mass is 9.81. The van der Waals surface area contributed by atoms with Gasteiger partial charge in [0.15, 0.2) is 0 Å². The molecule has 43 heavy (non-hydrogen) atoms. The highest BCUT2D eigenvalue weighted by molar-refractivity contribution is 9.10. The average molecular weight is 659 g/mol. The lowest BCUT2D eigenvalue weighted by Gasteiger charge is -2.28. The molecule has 0 aliphatic heterocycles. The van der Waals surface area contributed by atoms with Crippen molar-refractivity contribution >= 4 is 33.9 Å². The smallest absolute Gasteiger partial charge is 0.429 e. The van der Waals surface area contributed by atoms with Gasteiger partial charge < -0.3 is 25.8 Å². The van der Waals surface area contributed by atoms with E-state index in [9.17, 15) is 14.4 Å². The monoisotopic (exact) mass is 657 g/mol. The lowest BCUT2D eigenvalue weighted by molar-refractivity contribution is -0.131. The minimum absolute atomic E-state index is 0.0701. The van der Waals surface area contributed by atoms with Crippen LogP contribution in [0.15, 0.2) is 53.0 Å². The van der Waals surface area contributed by atoms with Crippen molar-refractivity contribution in [1.29, 1.82) is 0 Å². The molecule has 0 radical (unpaired) electrons. The molecule has 0 spiro atoms. The van der Waals surface area contributed by atoms with Crippen LogP contribution < -0.4 is 21.1 Å². The molecule has 1 aliphatic carbocycles. The predicted molar refractivity (Wildman–Crippen MR) is 173 cm³/mol. The van der Waals surface area contributed by atoms with Crippen LogP contribution in [0.3, 0.4) is 0 Å². The summed E-state index contributed by atoms with van der Waals surface area (Å²) >= 11 is 3.43. The van der Waals surface area contributed by atoms with Crippen LogP contribution >= 0.6 is 15.9 Å². The molecule has 0 unspecified atom stereocenters. The minimum atomic E-state index is -0.803. The lowest BCUT2D eigenvalue weighted by Crippen LogP contribution is -2.50. The number of ether oxygens (including phenoxy) is 2. The quantitative estimate of drug-likeness (QED) is 0.0975. The van der Waals surface area contributed by atoms with Crippen LogP contribution in [0.5, 0.6) is 5.75 Å². The Bertz CT molecular complexity index is 1140. The van der Waals surface area contributed by atoms with Gasteiger partial charge in [0.1, 0.15) is 18.4 Å². The third-order valence-corrected chi connectivity index (χ3v) is 8.90. The molecule has 9 heteroatoms. The molecule has 1 fully saturated rings. The van der Waals surface area contributed by atoms with Crippen molar-refractivity contribution in [3.8, 4) is 5.75 Å². The van der Waals surface area contributed by atoms with E-state index >= 15 is 0 Å². The Balaban J connectivity index is 1.53. The second kappa shape index (κ2) is 19.4. The normalized spacial score (nSPS) is 17.1. The number of carbonyl (C=O) groups excluding carboxylic acids is 3. The fraction of sp³-hybridized carbons (Fsp3) is 0.559. The summed E-state index contributed by atoms with van der Waals surface area (Å²) in [5, 5.41) is 6.07. The number of benzene rings is 2. The van der Waals surface area contributed by atoms with E-state index in [4.69, 9.17) is 15.2 Å². The summed E-state index contributed by atoms with van der Waals surface area (Å²) in [6, 6.07) is 13.7. The molecule has 4 N–H and O–H groups in total. The summed E-state index contributed by atoms with van der Waals surface area (Å²) in [5.74, 6) is 0.467. The van der Waals surface area contributed by atoms with E-state index in [1.807, 2.05) is 24.3 Å². The molecule has 1 atom stereocenters. The maximum absolute atomic E-state index is 13.2. The van der Waals surface area contributed by atoms with Crippen LogP contribution in [-0.2, 0) is 27.4 Å². The first-order valence-corrected chi connectivity index (χ1v) is 16.6. The van der Waals surface area contributed by atoms with Gasteiger partial charge in [-0.2, -0.15) is 0 Å². The molecular formula is C34H48BrN3O5. The van der Waals surface area contributed by atoms with Crippen molar-refractivity contribution in [2.45, 2.75) is 96.6 Å². The number of hydrogen-bond acceptors (Lipinski definition) is 6. The molecule has 0 aromatic heterocycles. The van der Waals surface area contributed by atoms with Gasteiger partial charge in [0, 0.05) is 28.9 Å². The van der Waals surface area contributed by atoms with Crippen LogP contribution in [0.4, 0.5) is 4.79 Å². The fourth-order valence-electron chi connectivity index (χ4n) is 5.38. The number of nitrogens with one attached hydrogen (secondary N) is 2. The first-order chi connectivity index (χ1) is 20.9.